The summed E-state index contributed by atoms with van der Waals surface area (Å²) in [5.74, 6) is 3.20. The number of terminal acetylenes is 1. The van der Waals surface area contributed by atoms with Crippen molar-refractivity contribution in [3.05, 3.63) is 29.6 Å². The number of Topliss-reactive ketones (excluding diaryl/α,β-unsaturated/α-hetero) is 1. The summed E-state index contributed by atoms with van der Waals surface area (Å²) in [6.45, 7) is 0. The summed E-state index contributed by atoms with van der Waals surface area (Å²) in [7, 11) is 0. The molecule has 1 aliphatic rings. The Kier molecular flexibility index (Phi) is 2.82. The van der Waals surface area contributed by atoms with E-state index in [1.165, 1.54) is 0 Å². The molecule has 76 valence electrons. The van der Waals surface area contributed by atoms with E-state index in [4.69, 9.17) is 6.42 Å². The highest BCUT2D eigenvalue weighted by molar-refractivity contribution is 5.80. The van der Waals surface area contributed by atoms with Gasteiger partial charge in [0, 0.05) is 36.2 Å². The van der Waals surface area contributed by atoms with Crippen molar-refractivity contribution >= 4 is 5.78 Å². The smallest absolute Gasteiger partial charge is 0.133 e. The molecule has 15 heavy (non-hydrogen) atoms. The minimum Gasteiger partial charge on any atom is -0.300 e. The van der Waals surface area contributed by atoms with E-state index >= 15 is 0 Å². The average molecular weight is 199 g/mol. The van der Waals surface area contributed by atoms with Crippen molar-refractivity contribution in [3.63, 3.8) is 0 Å². The van der Waals surface area contributed by atoms with Crippen LogP contribution in [-0.4, -0.2) is 10.8 Å². The number of carbonyl (C=O) groups excluding carboxylic acids is 1. The number of pyridine rings is 1. The lowest BCUT2D eigenvalue weighted by Crippen LogP contribution is -2.14. The van der Waals surface area contributed by atoms with Crippen molar-refractivity contribution in [2.24, 2.45) is 0 Å². The van der Waals surface area contributed by atoms with Crippen LogP contribution in [0.3, 0.4) is 0 Å². The van der Waals surface area contributed by atoms with Crippen LogP contribution in [-0.2, 0) is 4.79 Å². The van der Waals surface area contributed by atoms with Gasteiger partial charge in [0.25, 0.3) is 0 Å². The number of ketones is 1. The second kappa shape index (κ2) is 4.27. The van der Waals surface area contributed by atoms with Gasteiger partial charge in [0.1, 0.15) is 5.78 Å². The number of hydrogen-bond donors (Lipinski definition) is 0. The second-order valence-electron chi connectivity index (χ2n) is 3.95. The summed E-state index contributed by atoms with van der Waals surface area (Å²) >= 11 is 0. The van der Waals surface area contributed by atoms with Gasteiger partial charge in [0.15, 0.2) is 0 Å². The monoisotopic (exact) mass is 199 g/mol. The maximum absolute atomic E-state index is 11.3. The Labute approximate surface area is 89.7 Å². The van der Waals surface area contributed by atoms with Gasteiger partial charge in [-0.05, 0) is 25.0 Å². The molecule has 1 aromatic heterocycles. The summed E-state index contributed by atoms with van der Waals surface area (Å²) in [6.07, 6.45) is 10.4. The van der Waals surface area contributed by atoms with E-state index in [2.05, 4.69) is 10.9 Å². The first-order chi connectivity index (χ1) is 7.29. The van der Waals surface area contributed by atoms with E-state index < -0.39 is 0 Å². The molecule has 0 aromatic carbocycles. The van der Waals surface area contributed by atoms with E-state index in [0.717, 1.165) is 30.5 Å². The van der Waals surface area contributed by atoms with Crippen LogP contribution >= 0.6 is 0 Å². The summed E-state index contributed by atoms with van der Waals surface area (Å²) in [6, 6.07) is 3.83. The van der Waals surface area contributed by atoms with E-state index in [-0.39, 0.29) is 0 Å². The SMILES string of the molecule is C#Cc1ccc(C2CCCC(=O)C2)nc1. The molecule has 1 aromatic rings. The molecule has 2 nitrogen and oxygen atoms in total. The molecule has 0 radical (unpaired) electrons. The predicted molar refractivity (Wildman–Crippen MR) is 58.4 cm³/mol. The maximum atomic E-state index is 11.3. The number of rotatable bonds is 1. The minimum absolute atomic E-state index is 0.304. The van der Waals surface area contributed by atoms with E-state index in [1.54, 1.807) is 6.20 Å². The lowest BCUT2D eigenvalue weighted by Gasteiger charge is -2.19. The van der Waals surface area contributed by atoms with E-state index in [0.29, 0.717) is 18.1 Å². The third kappa shape index (κ3) is 2.24. The molecular weight excluding hydrogens is 186 g/mol. The minimum atomic E-state index is 0.304. The van der Waals surface area contributed by atoms with E-state index in [1.807, 2.05) is 12.1 Å². The van der Waals surface area contributed by atoms with Gasteiger partial charge in [-0.3, -0.25) is 9.78 Å². The first-order valence-electron chi connectivity index (χ1n) is 5.24. The van der Waals surface area contributed by atoms with Crippen LogP contribution < -0.4 is 0 Å². The van der Waals surface area contributed by atoms with Gasteiger partial charge in [-0.15, -0.1) is 6.42 Å². The van der Waals surface area contributed by atoms with Gasteiger partial charge < -0.3 is 0 Å². The summed E-state index contributed by atoms with van der Waals surface area (Å²) in [4.78, 5) is 15.6. The fourth-order valence-corrected chi connectivity index (χ4v) is 2.01. The Hall–Kier alpha value is -1.62. The first kappa shape index (κ1) is 9.92. The number of hydrogen-bond acceptors (Lipinski definition) is 2. The Morgan fingerprint density at radius 1 is 1.47 bits per heavy atom. The zero-order valence-corrected chi connectivity index (χ0v) is 8.57. The Bertz CT molecular complexity index is 400. The Morgan fingerprint density at radius 3 is 2.93 bits per heavy atom. The summed E-state index contributed by atoms with van der Waals surface area (Å²) in [5.41, 5.74) is 1.79. The number of carbonyl (C=O) groups is 1. The van der Waals surface area contributed by atoms with Crippen LogP contribution in [0.15, 0.2) is 18.3 Å². The van der Waals surface area contributed by atoms with E-state index in [9.17, 15) is 4.79 Å². The van der Waals surface area contributed by atoms with Crippen molar-refractivity contribution in [1.82, 2.24) is 4.98 Å². The van der Waals surface area contributed by atoms with Gasteiger partial charge >= 0.3 is 0 Å². The van der Waals surface area contributed by atoms with Crippen molar-refractivity contribution in [2.45, 2.75) is 31.6 Å². The molecular formula is C13H13NO. The number of aromatic nitrogens is 1. The second-order valence-corrected chi connectivity index (χ2v) is 3.95. The summed E-state index contributed by atoms with van der Waals surface area (Å²) in [5, 5.41) is 0. The van der Waals surface area contributed by atoms with Crippen LogP contribution in [0, 0.1) is 12.3 Å². The lowest BCUT2D eigenvalue weighted by molar-refractivity contribution is -0.120. The van der Waals surface area contributed by atoms with Gasteiger partial charge in [0.2, 0.25) is 0 Å². The molecule has 0 spiro atoms. The molecule has 0 aliphatic heterocycles. The van der Waals surface area contributed by atoms with Crippen molar-refractivity contribution < 1.29 is 4.79 Å². The lowest BCUT2D eigenvalue weighted by atomic mass is 9.86. The van der Waals surface area contributed by atoms with Crippen LogP contribution in [0.1, 0.15) is 42.9 Å². The molecule has 2 heteroatoms. The third-order valence-corrected chi connectivity index (χ3v) is 2.85. The molecule has 0 N–H and O–H groups in total. The van der Waals surface area contributed by atoms with Crippen molar-refractivity contribution in [2.75, 3.05) is 0 Å². The predicted octanol–water partition coefficient (Wildman–Crippen LogP) is 2.29. The molecule has 2 rings (SSSR count). The largest absolute Gasteiger partial charge is 0.300 e. The van der Waals surface area contributed by atoms with Crippen LogP contribution in [0.25, 0.3) is 0 Å². The zero-order valence-electron chi connectivity index (χ0n) is 8.57. The molecule has 0 amide bonds. The fourth-order valence-electron chi connectivity index (χ4n) is 2.01. The van der Waals surface area contributed by atoms with Gasteiger partial charge in [0.05, 0.1) is 0 Å². The molecule has 1 saturated carbocycles. The fraction of sp³-hybridized carbons (Fsp3) is 0.385. The number of nitrogens with zero attached hydrogens (tertiary/aromatic N) is 1. The topological polar surface area (TPSA) is 30.0 Å². The van der Waals surface area contributed by atoms with Crippen LogP contribution in [0.2, 0.25) is 0 Å². The van der Waals surface area contributed by atoms with Crippen molar-refractivity contribution in [3.8, 4) is 12.3 Å². The highest BCUT2D eigenvalue weighted by Crippen LogP contribution is 2.29. The normalized spacial score (nSPS) is 21.0. The quantitative estimate of drug-likeness (QED) is 0.649. The van der Waals surface area contributed by atoms with Gasteiger partial charge in [-0.25, -0.2) is 0 Å². The van der Waals surface area contributed by atoms with Crippen molar-refractivity contribution in [1.29, 1.82) is 0 Å². The molecule has 0 saturated heterocycles. The standard InChI is InChI=1S/C13H13NO/c1-2-10-6-7-13(14-9-10)11-4-3-5-12(15)8-11/h1,6-7,9,11H,3-5,8H2. The molecule has 1 unspecified atom stereocenters. The van der Waals surface area contributed by atoms with Crippen LogP contribution in [0.4, 0.5) is 0 Å². The highest BCUT2D eigenvalue weighted by Gasteiger charge is 2.21. The molecule has 1 aliphatic carbocycles. The third-order valence-electron chi connectivity index (χ3n) is 2.85. The molecule has 1 heterocycles. The average Bonchev–Trinajstić information content (AvgIpc) is 2.29. The Morgan fingerprint density at radius 2 is 2.33 bits per heavy atom. The summed E-state index contributed by atoms with van der Waals surface area (Å²) < 4.78 is 0. The highest BCUT2D eigenvalue weighted by atomic mass is 16.1. The molecule has 1 fully saturated rings. The maximum Gasteiger partial charge on any atom is 0.133 e. The zero-order chi connectivity index (χ0) is 10.7. The van der Waals surface area contributed by atoms with Gasteiger partial charge in [-0.1, -0.05) is 5.92 Å². The van der Waals surface area contributed by atoms with Crippen LogP contribution in [0.5, 0.6) is 0 Å². The first-order valence-corrected chi connectivity index (χ1v) is 5.24. The molecule has 1 atom stereocenters. The molecule has 0 bridgehead atoms. The van der Waals surface area contributed by atoms with Gasteiger partial charge in [-0.2, -0.15) is 0 Å². The Balaban J connectivity index is 2.15.